The maximum Gasteiger partial charge on any atom is 0.510 e. The molecule has 0 N–H and O–H groups in total. The summed E-state index contributed by atoms with van der Waals surface area (Å²) in [5, 5.41) is 16.1. The molecule has 0 spiro atoms. The smallest absolute Gasteiger partial charge is 0.457 e. The topological polar surface area (TPSA) is 142 Å². The SMILES string of the molecule is Cn1nc(C(F)(F)C(F)(F)F)c(C(F)(F)F)c1-n1cc(-c2ccc(Cl)c(C(=O)N(COC(=O)OCC(=O)OC(C)(C)C)C3(C#N)CC3)c2)cn1. The van der Waals surface area contributed by atoms with E-state index in [1.165, 1.54) is 12.1 Å². The fourth-order valence-corrected chi connectivity index (χ4v) is 4.78. The highest BCUT2D eigenvalue weighted by molar-refractivity contribution is 6.34. The van der Waals surface area contributed by atoms with Gasteiger partial charge in [-0.2, -0.15) is 50.6 Å². The monoisotopic (exact) mass is 740 g/mol. The number of halogens is 9. The quantitative estimate of drug-likeness (QED) is 0.136. The predicted molar refractivity (Wildman–Crippen MR) is 153 cm³/mol. The van der Waals surface area contributed by atoms with E-state index >= 15 is 0 Å². The minimum Gasteiger partial charge on any atom is -0.457 e. The summed E-state index contributed by atoms with van der Waals surface area (Å²) < 4.78 is 125. The number of carbonyl (C=O) groups is 3. The van der Waals surface area contributed by atoms with Crippen LogP contribution in [-0.2, 0) is 38.2 Å². The van der Waals surface area contributed by atoms with Crippen molar-refractivity contribution in [2.45, 2.75) is 63.0 Å². The Balaban J connectivity index is 1.63. The summed E-state index contributed by atoms with van der Waals surface area (Å²) in [6.45, 7) is 3.11. The zero-order valence-corrected chi connectivity index (χ0v) is 27.0. The van der Waals surface area contributed by atoms with Crippen molar-refractivity contribution in [3.63, 3.8) is 0 Å². The second-order valence-electron chi connectivity index (χ2n) is 11.9. The van der Waals surface area contributed by atoms with E-state index in [0.29, 0.717) is 11.7 Å². The molecule has 1 aromatic carbocycles. The second kappa shape index (κ2) is 13.1. The number of amides is 1. The van der Waals surface area contributed by atoms with Gasteiger partial charge in [-0.3, -0.25) is 9.69 Å². The molecule has 1 aliphatic rings. The van der Waals surface area contributed by atoms with Crippen molar-refractivity contribution in [2.24, 2.45) is 7.05 Å². The lowest BCUT2D eigenvalue weighted by Crippen LogP contribution is -2.43. The van der Waals surface area contributed by atoms with E-state index in [4.69, 9.17) is 25.8 Å². The molecule has 2 aromatic heterocycles. The highest BCUT2D eigenvalue weighted by Crippen LogP contribution is 2.49. The van der Waals surface area contributed by atoms with Crippen molar-refractivity contribution in [3.05, 3.63) is 52.4 Å². The van der Waals surface area contributed by atoms with Crippen molar-refractivity contribution < 1.29 is 63.7 Å². The van der Waals surface area contributed by atoms with Crippen molar-refractivity contribution in [2.75, 3.05) is 13.3 Å². The summed E-state index contributed by atoms with van der Waals surface area (Å²) in [6, 6.07) is 5.59. The molecule has 4 rings (SSSR count). The number of carbonyl (C=O) groups excluding carboxylic acids is 3. The third kappa shape index (κ3) is 7.77. The van der Waals surface area contributed by atoms with Gasteiger partial charge in [0.25, 0.3) is 5.91 Å². The average molecular weight is 741 g/mol. The van der Waals surface area contributed by atoms with Gasteiger partial charge in [-0.05, 0) is 51.3 Å². The maximum absolute atomic E-state index is 14.1. The largest absolute Gasteiger partial charge is 0.510 e. The molecule has 21 heteroatoms. The van der Waals surface area contributed by atoms with Crippen LogP contribution >= 0.6 is 11.6 Å². The van der Waals surface area contributed by atoms with E-state index in [-0.39, 0.29) is 39.2 Å². The maximum atomic E-state index is 14.1. The van der Waals surface area contributed by atoms with Gasteiger partial charge < -0.3 is 14.2 Å². The minimum absolute atomic E-state index is 0.0517. The van der Waals surface area contributed by atoms with Gasteiger partial charge in [0.15, 0.2) is 24.8 Å². The summed E-state index contributed by atoms with van der Waals surface area (Å²) >= 11 is 6.28. The number of alkyl halides is 8. The van der Waals surface area contributed by atoms with Gasteiger partial charge in [0, 0.05) is 18.8 Å². The van der Waals surface area contributed by atoms with E-state index in [1.807, 2.05) is 6.07 Å². The van der Waals surface area contributed by atoms with E-state index in [1.54, 1.807) is 20.8 Å². The van der Waals surface area contributed by atoms with Gasteiger partial charge in [-0.25, -0.2) is 19.0 Å². The fourth-order valence-electron chi connectivity index (χ4n) is 4.58. The Morgan fingerprint density at radius 2 is 1.68 bits per heavy atom. The molecule has 1 fully saturated rings. The number of aromatic nitrogens is 4. The fraction of sp³-hybridized carbons (Fsp3) is 0.448. The van der Waals surface area contributed by atoms with Crippen molar-refractivity contribution in [1.29, 1.82) is 5.26 Å². The zero-order valence-electron chi connectivity index (χ0n) is 26.2. The van der Waals surface area contributed by atoms with Gasteiger partial charge in [-0.15, -0.1) is 0 Å². The Bertz CT molecular complexity index is 1850. The Morgan fingerprint density at radius 1 is 1.04 bits per heavy atom. The number of nitriles is 1. The molecule has 0 bridgehead atoms. The molecule has 0 unspecified atom stereocenters. The first-order chi connectivity index (χ1) is 22.9. The van der Waals surface area contributed by atoms with Crippen molar-refractivity contribution >= 4 is 29.6 Å². The summed E-state index contributed by atoms with van der Waals surface area (Å²) in [6.07, 6.45) is -11.4. The summed E-state index contributed by atoms with van der Waals surface area (Å²) in [7, 11) is 0.716. The molecule has 270 valence electrons. The van der Waals surface area contributed by atoms with Gasteiger partial charge in [0.05, 0.1) is 22.9 Å². The molecule has 0 aliphatic heterocycles. The highest BCUT2D eigenvalue weighted by Gasteiger charge is 2.64. The number of ether oxygens (including phenoxy) is 3. The first-order valence-electron chi connectivity index (χ1n) is 14.1. The Kier molecular flexibility index (Phi) is 9.91. The molecule has 1 saturated carbocycles. The van der Waals surface area contributed by atoms with E-state index in [9.17, 15) is 54.8 Å². The van der Waals surface area contributed by atoms with Gasteiger partial charge in [-0.1, -0.05) is 17.7 Å². The predicted octanol–water partition coefficient (Wildman–Crippen LogP) is 6.55. The standard InChI is InChI=1S/C29H25ClF8N6O6/c1-25(2,3)50-19(45)12-48-24(47)49-14-43(26(13-39)7-8-26)23(46)17-9-15(5-6-18(17)30)16-10-40-44(11-16)22-20(28(33,34)35)21(41-42(22)4)27(31,32)29(36,37)38/h5-6,9-11H,7-8,12,14H2,1-4H3. The molecule has 50 heavy (non-hydrogen) atoms. The number of benzene rings is 1. The molecule has 1 aliphatic carbocycles. The Labute approximate surface area is 282 Å². The summed E-state index contributed by atoms with van der Waals surface area (Å²) in [5.41, 5.74) is -7.52. The van der Waals surface area contributed by atoms with Crippen LogP contribution in [0.3, 0.4) is 0 Å². The van der Waals surface area contributed by atoms with Crippen LogP contribution in [0.4, 0.5) is 39.9 Å². The molecule has 1 amide bonds. The van der Waals surface area contributed by atoms with Crippen LogP contribution in [0.2, 0.25) is 5.02 Å². The van der Waals surface area contributed by atoms with Crippen LogP contribution < -0.4 is 0 Å². The molecule has 2 heterocycles. The summed E-state index contributed by atoms with van der Waals surface area (Å²) in [4.78, 5) is 38.6. The van der Waals surface area contributed by atoms with E-state index < -0.39 is 77.9 Å². The van der Waals surface area contributed by atoms with E-state index in [0.717, 1.165) is 23.4 Å². The Hall–Kier alpha value is -4.93. The number of rotatable bonds is 9. The lowest BCUT2D eigenvalue weighted by Gasteiger charge is -2.27. The first-order valence-corrected chi connectivity index (χ1v) is 14.5. The molecule has 0 atom stereocenters. The zero-order chi connectivity index (χ0) is 37.6. The third-order valence-electron chi connectivity index (χ3n) is 7.02. The molecule has 0 radical (unpaired) electrons. The number of hydrogen-bond donors (Lipinski definition) is 0. The van der Waals surface area contributed by atoms with Crippen LogP contribution in [0.1, 0.15) is 55.2 Å². The number of nitrogens with zero attached hydrogens (tertiary/aromatic N) is 6. The average Bonchev–Trinajstić information content (AvgIpc) is 3.45. The van der Waals surface area contributed by atoms with Crippen LogP contribution in [-0.4, -0.2) is 73.1 Å². The van der Waals surface area contributed by atoms with E-state index in [2.05, 4.69) is 10.2 Å². The second-order valence-corrected chi connectivity index (χ2v) is 12.3. The lowest BCUT2D eigenvalue weighted by atomic mass is 10.0. The summed E-state index contributed by atoms with van der Waals surface area (Å²) in [5.74, 6) is -9.06. The van der Waals surface area contributed by atoms with Crippen LogP contribution in [0.15, 0.2) is 30.6 Å². The molecular weight excluding hydrogens is 716 g/mol. The van der Waals surface area contributed by atoms with Gasteiger partial charge in [0.2, 0.25) is 0 Å². The first kappa shape index (κ1) is 37.9. The van der Waals surface area contributed by atoms with Crippen LogP contribution in [0.5, 0.6) is 0 Å². The number of aryl methyl sites for hydroxylation is 1. The van der Waals surface area contributed by atoms with Gasteiger partial charge in [0.1, 0.15) is 16.7 Å². The van der Waals surface area contributed by atoms with Crippen molar-refractivity contribution in [1.82, 2.24) is 24.5 Å². The molecule has 3 aromatic rings. The highest BCUT2D eigenvalue weighted by atomic mass is 35.5. The number of esters is 1. The van der Waals surface area contributed by atoms with Crippen molar-refractivity contribution in [3.8, 4) is 23.0 Å². The normalized spacial score (nSPS) is 14.5. The molecular formula is C29H25ClF8N6O6. The van der Waals surface area contributed by atoms with Crippen LogP contribution in [0, 0.1) is 11.3 Å². The number of hydrogen-bond acceptors (Lipinski definition) is 9. The minimum atomic E-state index is -6.40. The third-order valence-corrected chi connectivity index (χ3v) is 7.35. The lowest BCUT2D eigenvalue weighted by molar-refractivity contribution is -0.292. The van der Waals surface area contributed by atoms with Crippen LogP contribution in [0.25, 0.3) is 16.9 Å². The van der Waals surface area contributed by atoms with Gasteiger partial charge >= 0.3 is 30.4 Å². The molecule has 0 saturated heterocycles. The molecule has 12 nitrogen and oxygen atoms in total. The Morgan fingerprint density at radius 3 is 2.22 bits per heavy atom.